The summed E-state index contributed by atoms with van der Waals surface area (Å²) in [6.07, 6.45) is 2.92. The maximum atomic E-state index is 9.65. The van der Waals surface area contributed by atoms with Crippen molar-refractivity contribution in [1.29, 1.82) is 0 Å². The van der Waals surface area contributed by atoms with Crippen LogP contribution in [0.3, 0.4) is 0 Å². The zero-order chi connectivity index (χ0) is 19.1. The quantitative estimate of drug-likeness (QED) is 0.345. The van der Waals surface area contributed by atoms with Gasteiger partial charge < -0.3 is 14.6 Å². The number of phenolic OH excluding ortho intramolecular Hbond substituents is 1. The van der Waals surface area contributed by atoms with Crippen LogP contribution in [0, 0.1) is 0 Å². The lowest BCUT2D eigenvalue weighted by Gasteiger charge is -2.12. The number of ether oxygens (including phenoxy) is 2. The molecular formula is C18H16Cl4O3S. The molecule has 0 saturated carbocycles. The molecule has 0 radical (unpaired) electrons. The Balaban J connectivity index is 1.91. The fraction of sp³-hybridized carbons (Fsp3) is 0.222. The molecule has 8 heteroatoms. The highest BCUT2D eigenvalue weighted by atomic mass is 35.5. The topological polar surface area (TPSA) is 38.7 Å². The van der Waals surface area contributed by atoms with Gasteiger partial charge >= 0.3 is 0 Å². The highest BCUT2D eigenvalue weighted by Gasteiger charge is 2.11. The minimum atomic E-state index is 0.123. The monoisotopic (exact) mass is 452 g/mol. The molecule has 0 bridgehead atoms. The number of halogens is 4. The highest BCUT2D eigenvalue weighted by Crippen LogP contribution is 2.37. The van der Waals surface area contributed by atoms with E-state index in [0.717, 1.165) is 5.56 Å². The Hall–Kier alpha value is -0.910. The summed E-state index contributed by atoms with van der Waals surface area (Å²) in [6.45, 7) is 0.609. The fourth-order valence-corrected chi connectivity index (χ4v) is 3.14. The van der Waals surface area contributed by atoms with Crippen molar-refractivity contribution in [3.8, 4) is 17.2 Å². The van der Waals surface area contributed by atoms with Crippen LogP contribution in [0.5, 0.6) is 17.2 Å². The average Bonchev–Trinajstić information content (AvgIpc) is 2.56. The third-order valence-electron chi connectivity index (χ3n) is 3.39. The first-order chi connectivity index (χ1) is 12.4. The van der Waals surface area contributed by atoms with Gasteiger partial charge in [-0.15, -0.1) is 12.6 Å². The molecule has 0 heterocycles. The lowest BCUT2D eigenvalue weighted by atomic mass is 10.1. The highest BCUT2D eigenvalue weighted by molar-refractivity contribution is 7.80. The third kappa shape index (κ3) is 6.36. The van der Waals surface area contributed by atoms with Crippen LogP contribution in [0.25, 0.3) is 0 Å². The number of benzene rings is 2. The van der Waals surface area contributed by atoms with E-state index in [2.05, 4.69) is 12.6 Å². The first-order valence-corrected chi connectivity index (χ1v) is 9.60. The lowest BCUT2D eigenvalue weighted by molar-refractivity contribution is 0.309. The normalized spacial score (nSPS) is 10.5. The van der Waals surface area contributed by atoms with Crippen LogP contribution in [0.15, 0.2) is 45.8 Å². The van der Waals surface area contributed by atoms with Gasteiger partial charge in [-0.25, -0.2) is 0 Å². The van der Waals surface area contributed by atoms with E-state index in [-0.39, 0.29) is 16.8 Å². The Morgan fingerprint density at radius 2 is 1.81 bits per heavy atom. The second-order valence-electron chi connectivity index (χ2n) is 5.26. The number of thiol groups is 1. The number of hydrogen-bond acceptors (Lipinski definition) is 4. The molecule has 0 saturated heterocycles. The molecule has 0 aliphatic rings. The van der Waals surface area contributed by atoms with E-state index >= 15 is 0 Å². The van der Waals surface area contributed by atoms with Crippen molar-refractivity contribution >= 4 is 59.0 Å². The zero-order valence-electron chi connectivity index (χ0n) is 13.5. The molecule has 0 fully saturated rings. The standard InChI is InChI=1S/C18H16Cl4O3S/c19-13-9-12(24-8-6-16(21)22)10-14(20)17(13)25-7-2-4-11-3-1-5-15(23)18(11)26/h1,3,5-6,9-10,23,26H,2,4,7-8H2. The SMILES string of the molecule is Oc1cccc(CCCOc2c(Cl)cc(OCC=C(Cl)Cl)cc2Cl)c1S. The summed E-state index contributed by atoms with van der Waals surface area (Å²) in [7, 11) is 0. The van der Waals surface area contributed by atoms with Gasteiger partial charge in [0.1, 0.15) is 22.6 Å². The molecule has 0 aliphatic carbocycles. The van der Waals surface area contributed by atoms with Gasteiger partial charge in [-0.1, -0.05) is 58.5 Å². The van der Waals surface area contributed by atoms with Gasteiger partial charge in [0.25, 0.3) is 0 Å². The van der Waals surface area contributed by atoms with Crippen LogP contribution in [0.2, 0.25) is 10.0 Å². The first kappa shape index (κ1) is 21.4. The number of phenols is 1. The molecule has 0 unspecified atom stereocenters. The summed E-state index contributed by atoms with van der Waals surface area (Å²) >= 11 is 27.8. The van der Waals surface area contributed by atoms with E-state index in [1.54, 1.807) is 24.3 Å². The van der Waals surface area contributed by atoms with E-state index in [1.807, 2.05) is 6.07 Å². The first-order valence-electron chi connectivity index (χ1n) is 7.64. The smallest absolute Gasteiger partial charge is 0.156 e. The third-order valence-corrected chi connectivity index (χ3v) is 4.78. The summed E-state index contributed by atoms with van der Waals surface area (Å²) < 4.78 is 11.3. The van der Waals surface area contributed by atoms with Gasteiger partial charge in [-0.05, 0) is 30.5 Å². The van der Waals surface area contributed by atoms with Crippen molar-refractivity contribution in [2.45, 2.75) is 17.7 Å². The van der Waals surface area contributed by atoms with Crippen molar-refractivity contribution in [3.05, 3.63) is 56.5 Å². The molecule has 0 amide bonds. The van der Waals surface area contributed by atoms with Gasteiger partial charge in [0.15, 0.2) is 5.75 Å². The molecule has 1 N–H and O–H groups in total. The second kappa shape index (κ2) is 10.4. The molecule has 2 aromatic rings. The minimum absolute atomic E-state index is 0.123. The van der Waals surface area contributed by atoms with Crippen molar-refractivity contribution in [2.75, 3.05) is 13.2 Å². The predicted molar refractivity (Wildman–Crippen MR) is 111 cm³/mol. The van der Waals surface area contributed by atoms with Gasteiger partial charge in [0.05, 0.1) is 16.7 Å². The number of hydrogen-bond donors (Lipinski definition) is 2. The van der Waals surface area contributed by atoms with Crippen molar-refractivity contribution in [2.24, 2.45) is 0 Å². The molecule has 26 heavy (non-hydrogen) atoms. The largest absolute Gasteiger partial charge is 0.507 e. The van der Waals surface area contributed by atoms with Gasteiger partial charge in [-0.2, -0.15) is 0 Å². The molecule has 0 aromatic heterocycles. The van der Waals surface area contributed by atoms with Gasteiger partial charge in [0.2, 0.25) is 0 Å². The van der Waals surface area contributed by atoms with E-state index in [1.165, 1.54) is 6.08 Å². The molecule has 2 aromatic carbocycles. The van der Waals surface area contributed by atoms with E-state index in [0.29, 0.717) is 45.9 Å². The summed E-state index contributed by atoms with van der Waals surface area (Å²) in [5, 5.41) is 10.3. The Labute approximate surface area is 177 Å². The second-order valence-corrected chi connectivity index (χ2v) is 7.53. The summed E-state index contributed by atoms with van der Waals surface area (Å²) in [5.41, 5.74) is 0.948. The molecule has 140 valence electrons. The predicted octanol–water partition coefficient (Wildman–Crippen LogP) is 6.70. The molecular weight excluding hydrogens is 438 g/mol. The van der Waals surface area contributed by atoms with E-state index < -0.39 is 0 Å². The van der Waals surface area contributed by atoms with E-state index in [9.17, 15) is 5.11 Å². The Morgan fingerprint density at radius 1 is 1.12 bits per heavy atom. The molecule has 2 rings (SSSR count). The fourth-order valence-electron chi connectivity index (χ4n) is 2.18. The lowest BCUT2D eigenvalue weighted by Crippen LogP contribution is -2.02. The Morgan fingerprint density at radius 3 is 2.46 bits per heavy atom. The van der Waals surface area contributed by atoms with Crippen LogP contribution in [-0.2, 0) is 6.42 Å². The summed E-state index contributed by atoms with van der Waals surface area (Å²) in [4.78, 5) is 0.580. The summed E-state index contributed by atoms with van der Waals surface area (Å²) in [6, 6.07) is 8.52. The minimum Gasteiger partial charge on any atom is -0.507 e. The van der Waals surface area contributed by atoms with E-state index in [4.69, 9.17) is 55.9 Å². The van der Waals surface area contributed by atoms with Crippen LogP contribution < -0.4 is 9.47 Å². The maximum Gasteiger partial charge on any atom is 0.156 e. The Bertz CT molecular complexity index is 769. The molecule has 0 aliphatic heterocycles. The maximum absolute atomic E-state index is 9.65. The molecule has 0 spiro atoms. The molecule has 0 atom stereocenters. The zero-order valence-corrected chi connectivity index (χ0v) is 17.4. The van der Waals surface area contributed by atoms with Gasteiger partial charge in [-0.3, -0.25) is 0 Å². The number of rotatable bonds is 8. The summed E-state index contributed by atoms with van der Waals surface area (Å²) in [5.74, 6) is 1.05. The van der Waals surface area contributed by atoms with Crippen molar-refractivity contribution < 1.29 is 14.6 Å². The van der Waals surface area contributed by atoms with Crippen molar-refractivity contribution in [3.63, 3.8) is 0 Å². The number of aromatic hydroxyl groups is 1. The van der Waals surface area contributed by atoms with Gasteiger partial charge in [0, 0.05) is 17.0 Å². The van der Waals surface area contributed by atoms with Crippen LogP contribution in [-0.4, -0.2) is 18.3 Å². The van der Waals surface area contributed by atoms with Crippen molar-refractivity contribution in [1.82, 2.24) is 0 Å². The van der Waals surface area contributed by atoms with Crippen LogP contribution in [0.4, 0.5) is 0 Å². The van der Waals surface area contributed by atoms with Crippen LogP contribution in [0.1, 0.15) is 12.0 Å². The Kier molecular flexibility index (Phi) is 8.58. The average molecular weight is 454 g/mol. The number of aryl methyl sites for hydroxylation is 1. The molecule has 3 nitrogen and oxygen atoms in total. The van der Waals surface area contributed by atoms with Crippen LogP contribution >= 0.6 is 59.0 Å².